The first-order valence-electron chi connectivity index (χ1n) is 9.58. The summed E-state index contributed by atoms with van der Waals surface area (Å²) in [5, 5.41) is 1.20. The Kier molecular flexibility index (Phi) is 3.61. The average molecular weight is 455 g/mol. The van der Waals surface area contributed by atoms with Crippen molar-refractivity contribution < 1.29 is 0 Å². The lowest BCUT2D eigenvalue weighted by molar-refractivity contribution is 0.967. The molecule has 6 heteroatoms. The van der Waals surface area contributed by atoms with Crippen molar-refractivity contribution >= 4 is 54.5 Å². The fraction of sp³-hybridized carbons (Fsp3) is 0.0417. The van der Waals surface area contributed by atoms with Gasteiger partial charge in [-0.2, -0.15) is 0 Å². The van der Waals surface area contributed by atoms with Crippen molar-refractivity contribution in [2.24, 2.45) is 7.05 Å². The Bertz CT molecular complexity index is 1680. The van der Waals surface area contributed by atoms with Gasteiger partial charge in [-0.25, -0.2) is 9.97 Å². The maximum atomic E-state index is 13.5. The van der Waals surface area contributed by atoms with E-state index in [-0.39, 0.29) is 5.43 Å². The van der Waals surface area contributed by atoms with Crippen molar-refractivity contribution in [2.75, 3.05) is 0 Å². The highest BCUT2D eigenvalue weighted by molar-refractivity contribution is 9.10. The SMILES string of the molecule is Cn1c2ccccc2c(=O)c2c1nc(-c1ccc(Br)cc1)n1c3ccccc3nc21. The van der Waals surface area contributed by atoms with Gasteiger partial charge in [0.2, 0.25) is 5.43 Å². The van der Waals surface area contributed by atoms with Crippen LogP contribution in [0.3, 0.4) is 0 Å². The molecule has 0 bridgehead atoms. The smallest absolute Gasteiger partial charge is 0.202 e. The van der Waals surface area contributed by atoms with Crippen molar-refractivity contribution in [3.05, 3.63) is 87.5 Å². The number of halogens is 1. The van der Waals surface area contributed by atoms with E-state index < -0.39 is 0 Å². The number of benzene rings is 3. The van der Waals surface area contributed by atoms with E-state index in [1.165, 1.54) is 0 Å². The van der Waals surface area contributed by atoms with Gasteiger partial charge >= 0.3 is 0 Å². The predicted molar refractivity (Wildman–Crippen MR) is 124 cm³/mol. The number of nitrogens with zero attached hydrogens (tertiary/aromatic N) is 4. The molecule has 3 aromatic heterocycles. The van der Waals surface area contributed by atoms with Crippen LogP contribution in [-0.2, 0) is 7.05 Å². The summed E-state index contributed by atoms with van der Waals surface area (Å²) < 4.78 is 4.97. The standard InChI is InChI=1S/C24H15BrN4O/c1-28-18-8-4-2-6-16(18)21(30)20-23(28)27-22(14-10-12-15(25)13-11-14)29-19-9-5-3-7-17(19)26-24(20)29/h2-13H,1H3. The van der Waals surface area contributed by atoms with Gasteiger partial charge in [-0.3, -0.25) is 9.20 Å². The van der Waals surface area contributed by atoms with E-state index in [1.54, 1.807) is 0 Å². The number of pyridine rings is 1. The van der Waals surface area contributed by atoms with Crippen molar-refractivity contribution in [1.82, 2.24) is 18.9 Å². The molecule has 6 aromatic rings. The maximum absolute atomic E-state index is 13.5. The quantitative estimate of drug-likeness (QED) is 0.316. The molecule has 0 atom stereocenters. The van der Waals surface area contributed by atoms with Crippen molar-refractivity contribution in [3.8, 4) is 11.4 Å². The van der Waals surface area contributed by atoms with E-state index in [0.717, 1.165) is 32.4 Å². The number of para-hydroxylation sites is 3. The van der Waals surface area contributed by atoms with Crippen LogP contribution in [0.5, 0.6) is 0 Å². The van der Waals surface area contributed by atoms with Gasteiger partial charge in [-0.05, 0) is 36.4 Å². The molecule has 6 rings (SSSR count). The fourth-order valence-corrected chi connectivity index (χ4v) is 4.42. The number of imidazole rings is 1. The lowest BCUT2D eigenvalue weighted by atomic mass is 10.1. The predicted octanol–water partition coefficient (Wildman–Crippen LogP) is 5.32. The molecule has 0 fully saturated rings. The molecule has 0 N–H and O–H groups in total. The molecule has 0 saturated heterocycles. The zero-order valence-electron chi connectivity index (χ0n) is 16.0. The summed E-state index contributed by atoms with van der Waals surface area (Å²) in [4.78, 5) is 23.4. The molecule has 0 aliphatic heterocycles. The molecule has 0 saturated carbocycles. The molecule has 0 unspecified atom stereocenters. The van der Waals surface area contributed by atoms with Crippen LogP contribution in [-0.4, -0.2) is 18.9 Å². The molecule has 5 nitrogen and oxygen atoms in total. The van der Waals surface area contributed by atoms with Gasteiger partial charge < -0.3 is 4.57 Å². The number of rotatable bonds is 1. The van der Waals surface area contributed by atoms with Crippen LogP contribution in [0.2, 0.25) is 0 Å². The molecule has 0 aliphatic carbocycles. The highest BCUT2D eigenvalue weighted by atomic mass is 79.9. The lowest BCUT2D eigenvalue weighted by Gasteiger charge is -2.13. The van der Waals surface area contributed by atoms with Crippen LogP contribution < -0.4 is 5.43 Å². The highest BCUT2D eigenvalue weighted by Crippen LogP contribution is 2.30. The van der Waals surface area contributed by atoms with Gasteiger partial charge in [0.05, 0.1) is 16.6 Å². The molecule has 3 aromatic carbocycles. The molecule has 3 heterocycles. The molecular formula is C24H15BrN4O. The summed E-state index contributed by atoms with van der Waals surface area (Å²) in [6.45, 7) is 0. The molecule has 0 spiro atoms. The van der Waals surface area contributed by atoms with Crippen molar-refractivity contribution in [1.29, 1.82) is 0 Å². The number of aromatic nitrogens is 4. The van der Waals surface area contributed by atoms with E-state index in [9.17, 15) is 4.79 Å². The highest BCUT2D eigenvalue weighted by Gasteiger charge is 2.20. The summed E-state index contributed by atoms with van der Waals surface area (Å²) in [6, 6.07) is 23.6. The third-order valence-corrected chi connectivity index (χ3v) is 6.12. The number of aryl methyl sites for hydroxylation is 1. The summed E-state index contributed by atoms with van der Waals surface area (Å²) in [5.41, 5.74) is 4.77. The third-order valence-electron chi connectivity index (χ3n) is 5.59. The van der Waals surface area contributed by atoms with Crippen LogP contribution in [0.25, 0.3) is 50.0 Å². The van der Waals surface area contributed by atoms with E-state index in [0.29, 0.717) is 22.1 Å². The summed E-state index contributed by atoms with van der Waals surface area (Å²) in [7, 11) is 1.95. The van der Waals surface area contributed by atoms with Crippen LogP contribution in [0.15, 0.2) is 82.1 Å². The molecule has 0 aliphatic rings. The molecular weight excluding hydrogens is 440 g/mol. The van der Waals surface area contributed by atoms with E-state index in [2.05, 4.69) is 15.9 Å². The minimum absolute atomic E-state index is 0.0473. The summed E-state index contributed by atoms with van der Waals surface area (Å²) in [5.74, 6) is 0.754. The first-order chi connectivity index (χ1) is 14.6. The zero-order valence-corrected chi connectivity index (χ0v) is 17.6. The van der Waals surface area contributed by atoms with Crippen LogP contribution in [0, 0.1) is 0 Å². The molecule has 0 amide bonds. The van der Waals surface area contributed by atoms with Gasteiger partial charge in [0.1, 0.15) is 16.9 Å². The van der Waals surface area contributed by atoms with Gasteiger partial charge in [0.15, 0.2) is 5.65 Å². The third kappa shape index (κ3) is 2.31. The van der Waals surface area contributed by atoms with Crippen molar-refractivity contribution in [3.63, 3.8) is 0 Å². The molecule has 144 valence electrons. The zero-order chi connectivity index (χ0) is 20.4. The van der Waals surface area contributed by atoms with Gasteiger partial charge in [0, 0.05) is 22.5 Å². The van der Waals surface area contributed by atoms with Crippen molar-refractivity contribution in [2.45, 2.75) is 0 Å². The van der Waals surface area contributed by atoms with Gasteiger partial charge in [-0.15, -0.1) is 0 Å². The lowest BCUT2D eigenvalue weighted by Crippen LogP contribution is -2.13. The normalized spacial score (nSPS) is 11.8. The second-order valence-electron chi connectivity index (χ2n) is 7.31. The minimum Gasteiger partial charge on any atom is -0.328 e. The molecule has 30 heavy (non-hydrogen) atoms. The van der Waals surface area contributed by atoms with E-state index >= 15 is 0 Å². The number of hydrogen-bond donors (Lipinski definition) is 0. The van der Waals surface area contributed by atoms with Gasteiger partial charge in [-0.1, -0.05) is 52.3 Å². The first kappa shape index (κ1) is 17.4. The average Bonchev–Trinajstić information content (AvgIpc) is 3.17. The monoisotopic (exact) mass is 454 g/mol. The Balaban J connectivity index is 1.92. The van der Waals surface area contributed by atoms with E-state index in [4.69, 9.17) is 9.97 Å². The first-order valence-corrected chi connectivity index (χ1v) is 10.4. The van der Waals surface area contributed by atoms with Crippen LogP contribution in [0.1, 0.15) is 0 Å². The Labute approximate surface area is 179 Å². The minimum atomic E-state index is -0.0473. The second kappa shape index (κ2) is 6.24. The number of hydrogen-bond acceptors (Lipinski definition) is 3. The Morgan fingerprint density at radius 2 is 1.50 bits per heavy atom. The summed E-state index contributed by atoms with van der Waals surface area (Å²) >= 11 is 3.50. The van der Waals surface area contributed by atoms with E-state index in [1.807, 2.05) is 88.8 Å². The fourth-order valence-electron chi connectivity index (χ4n) is 4.16. The van der Waals surface area contributed by atoms with Crippen LogP contribution >= 0.6 is 15.9 Å². The Morgan fingerprint density at radius 1 is 0.800 bits per heavy atom. The number of fused-ring (bicyclic) bond motifs is 6. The second-order valence-corrected chi connectivity index (χ2v) is 8.22. The topological polar surface area (TPSA) is 52.2 Å². The Morgan fingerprint density at radius 3 is 2.30 bits per heavy atom. The maximum Gasteiger partial charge on any atom is 0.202 e. The summed E-state index contributed by atoms with van der Waals surface area (Å²) in [6.07, 6.45) is 0. The van der Waals surface area contributed by atoms with Crippen LogP contribution in [0.4, 0.5) is 0 Å². The molecule has 0 radical (unpaired) electrons. The van der Waals surface area contributed by atoms with Gasteiger partial charge in [0.25, 0.3) is 0 Å². The largest absolute Gasteiger partial charge is 0.328 e. The Hall–Kier alpha value is -3.51.